The zero-order chi connectivity index (χ0) is 21.3. The van der Waals surface area contributed by atoms with Gasteiger partial charge in [0.2, 0.25) is 0 Å². The number of aryl methyl sites for hydroxylation is 1. The van der Waals surface area contributed by atoms with Crippen molar-refractivity contribution in [2.24, 2.45) is 0 Å². The normalized spacial score (nSPS) is 18.1. The molecule has 1 atom stereocenters. The highest BCUT2D eigenvalue weighted by atomic mass is 16.5. The van der Waals surface area contributed by atoms with Crippen LogP contribution in [-0.4, -0.2) is 33.8 Å². The summed E-state index contributed by atoms with van der Waals surface area (Å²) in [5, 5.41) is 11.1. The topological polar surface area (TPSA) is 92.9 Å². The quantitative estimate of drug-likeness (QED) is 0.397. The number of aliphatic hydroxyl groups is 1. The molecule has 1 aromatic carbocycles. The first kappa shape index (κ1) is 19.4. The van der Waals surface area contributed by atoms with Crippen molar-refractivity contribution in [2.75, 3.05) is 7.11 Å². The van der Waals surface area contributed by atoms with Crippen molar-refractivity contribution in [1.29, 1.82) is 0 Å². The smallest absolute Gasteiger partial charge is 0.296 e. The number of hydrogen-bond donors (Lipinski definition) is 1. The molecular formula is C23H20N2O5. The number of ether oxygens (including phenoxy) is 1. The van der Waals surface area contributed by atoms with Gasteiger partial charge >= 0.3 is 0 Å². The molecule has 1 unspecified atom stereocenters. The highest BCUT2D eigenvalue weighted by Gasteiger charge is 2.47. The summed E-state index contributed by atoms with van der Waals surface area (Å²) in [4.78, 5) is 31.4. The number of pyridine rings is 1. The van der Waals surface area contributed by atoms with E-state index in [4.69, 9.17) is 9.15 Å². The molecule has 0 bridgehead atoms. The Morgan fingerprint density at radius 1 is 1.17 bits per heavy atom. The highest BCUT2D eigenvalue weighted by Crippen LogP contribution is 2.42. The molecule has 1 N–H and O–H groups in total. The largest absolute Gasteiger partial charge is 0.507 e. The average Bonchev–Trinajstić information content (AvgIpc) is 3.30. The maximum Gasteiger partial charge on any atom is 0.296 e. The molecule has 7 heteroatoms. The molecule has 30 heavy (non-hydrogen) atoms. The van der Waals surface area contributed by atoms with E-state index in [0.717, 1.165) is 5.56 Å². The number of aliphatic hydroxyl groups excluding tert-OH is 1. The molecule has 1 saturated heterocycles. The first-order chi connectivity index (χ1) is 14.5. The summed E-state index contributed by atoms with van der Waals surface area (Å²) in [5.41, 5.74) is 1.04. The summed E-state index contributed by atoms with van der Waals surface area (Å²) in [7, 11) is 1.47. The van der Waals surface area contributed by atoms with Crippen molar-refractivity contribution in [2.45, 2.75) is 19.5 Å². The first-order valence-corrected chi connectivity index (χ1v) is 9.38. The maximum atomic E-state index is 13.0. The van der Waals surface area contributed by atoms with Crippen molar-refractivity contribution >= 4 is 17.4 Å². The monoisotopic (exact) mass is 404 g/mol. The maximum absolute atomic E-state index is 13.0. The Morgan fingerprint density at radius 3 is 2.63 bits per heavy atom. The van der Waals surface area contributed by atoms with Crippen molar-refractivity contribution in [3.05, 3.63) is 89.1 Å². The van der Waals surface area contributed by atoms with Gasteiger partial charge < -0.3 is 19.2 Å². The van der Waals surface area contributed by atoms with E-state index in [1.54, 1.807) is 61.8 Å². The lowest BCUT2D eigenvalue weighted by molar-refractivity contribution is -0.140. The number of methoxy groups -OCH3 is 1. The first-order valence-electron chi connectivity index (χ1n) is 9.38. The van der Waals surface area contributed by atoms with Gasteiger partial charge in [0.05, 0.1) is 18.2 Å². The number of Topliss-reactive ketones (excluding diaryl/α,β-unsaturated/α-hetero) is 1. The lowest BCUT2D eigenvalue weighted by Gasteiger charge is -2.23. The highest BCUT2D eigenvalue weighted by molar-refractivity contribution is 6.46. The van der Waals surface area contributed by atoms with Crippen LogP contribution in [-0.2, 0) is 16.1 Å². The summed E-state index contributed by atoms with van der Waals surface area (Å²) in [6.45, 7) is 1.92. The summed E-state index contributed by atoms with van der Waals surface area (Å²) in [6, 6.07) is 12.9. The minimum Gasteiger partial charge on any atom is -0.507 e. The van der Waals surface area contributed by atoms with Crippen LogP contribution < -0.4 is 4.74 Å². The van der Waals surface area contributed by atoms with E-state index in [1.807, 2.05) is 6.07 Å². The second-order valence-corrected chi connectivity index (χ2v) is 6.94. The van der Waals surface area contributed by atoms with Gasteiger partial charge in [-0.15, -0.1) is 0 Å². The third-order valence-corrected chi connectivity index (χ3v) is 5.01. The lowest BCUT2D eigenvalue weighted by Crippen LogP contribution is -2.29. The van der Waals surface area contributed by atoms with Crippen LogP contribution in [0.25, 0.3) is 5.76 Å². The molecule has 3 aromatic rings. The van der Waals surface area contributed by atoms with Crippen molar-refractivity contribution in [3.63, 3.8) is 0 Å². The Hall–Kier alpha value is -3.87. The molecule has 0 aliphatic carbocycles. The standard InChI is InChI=1S/C23H20N2O5/c1-14-9-10-18(30-14)20-19(21(26)16-7-3-4-8-17(16)29-2)22(27)23(28)25(20)13-15-6-5-11-24-12-15/h3-12,20,26H,13H2,1-2H3/b21-19-. The number of furan rings is 1. The number of ketones is 1. The van der Waals surface area contributed by atoms with E-state index in [0.29, 0.717) is 22.8 Å². The van der Waals surface area contributed by atoms with Crippen molar-refractivity contribution in [3.8, 4) is 5.75 Å². The number of aromatic nitrogens is 1. The fourth-order valence-electron chi connectivity index (χ4n) is 3.61. The Bertz CT molecular complexity index is 1130. The number of para-hydroxylation sites is 1. The summed E-state index contributed by atoms with van der Waals surface area (Å²) >= 11 is 0. The van der Waals surface area contributed by atoms with Gasteiger partial charge in [0, 0.05) is 18.9 Å². The van der Waals surface area contributed by atoms with Crippen LogP contribution in [0.4, 0.5) is 0 Å². The fourth-order valence-corrected chi connectivity index (χ4v) is 3.61. The molecule has 152 valence electrons. The zero-order valence-corrected chi connectivity index (χ0v) is 16.5. The summed E-state index contributed by atoms with van der Waals surface area (Å²) in [5.74, 6) is -0.377. The van der Waals surface area contributed by atoms with Gasteiger partial charge in [-0.3, -0.25) is 14.6 Å². The second-order valence-electron chi connectivity index (χ2n) is 6.94. The number of likely N-dealkylation sites (tertiary alicyclic amines) is 1. The third-order valence-electron chi connectivity index (χ3n) is 5.01. The van der Waals surface area contributed by atoms with E-state index in [9.17, 15) is 14.7 Å². The number of rotatable bonds is 5. The molecule has 1 aliphatic heterocycles. The molecule has 0 spiro atoms. The number of nitrogens with zero attached hydrogens (tertiary/aromatic N) is 2. The minimum absolute atomic E-state index is 0.0391. The van der Waals surface area contributed by atoms with E-state index < -0.39 is 17.7 Å². The second kappa shape index (κ2) is 7.87. The zero-order valence-electron chi connectivity index (χ0n) is 16.5. The summed E-state index contributed by atoms with van der Waals surface area (Å²) in [6.07, 6.45) is 3.26. The van der Waals surface area contributed by atoms with Gasteiger partial charge in [-0.1, -0.05) is 18.2 Å². The molecular weight excluding hydrogens is 384 g/mol. The average molecular weight is 404 g/mol. The predicted octanol–water partition coefficient (Wildman–Crippen LogP) is 3.61. The molecule has 1 amide bonds. The van der Waals surface area contributed by atoms with E-state index >= 15 is 0 Å². The predicted molar refractivity (Wildman–Crippen MR) is 109 cm³/mol. The van der Waals surface area contributed by atoms with Crippen LogP contribution in [0, 0.1) is 6.92 Å². The molecule has 1 fully saturated rings. The van der Waals surface area contributed by atoms with Gasteiger partial charge in [-0.05, 0) is 42.8 Å². The Kier molecular flexibility index (Phi) is 5.10. The van der Waals surface area contributed by atoms with Crippen LogP contribution in [0.2, 0.25) is 0 Å². The van der Waals surface area contributed by atoms with Gasteiger partial charge in [0.1, 0.15) is 29.1 Å². The number of carbonyl (C=O) groups is 2. The van der Waals surface area contributed by atoms with E-state index in [2.05, 4.69) is 4.98 Å². The lowest BCUT2D eigenvalue weighted by atomic mass is 9.98. The minimum atomic E-state index is -0.871. The van der Waals surface area contributed by atoms with E-state index in [1.165, 1.54) is 12.0 Å². The molecule has 7 nitrogen and oxygen atoms in total. The molecule has 3 heterocycles. The van der Waals surface area contributed by atoms with Crippen molar-refractivity contribution in [1.82, 2.24) is 9.88 Å². The Morgan fingerprint density at radius 2 is 1.97 bits per heavy atom. The van der Waals surface area contributed by atoms with Crippen LogP contribution in [0.5, 0.6) is 5.75 Å². The van der Waals surface area contributed by atoms with Gasteiger partial charge in [-0.25, -0.2) is 0 Å². The molecule has 4 rings (SSSR count). The van der Waals surface area contributed by atoms with Crippen LogP contribution >= 0.6 is 0 Å². The molecule has 1 aliphatic rings. The third kappa shape index (κ3) is 3.34. The number of benzene rings is 1. The van der Waals surface area contributed by atoms with Gasteiger partial charge in [0.25, 0.3) is 11.7 Å². The van der Waals surface area contributed by atoms with E-state index in [-0.39, 0.29) is 17.9 Å². The molecule has 0 radical (unpaired) electrons. The van der Waals surface area contributed by atoms with Crippen LogP contribution in [0.3, 0.4) is 0 Å². The Labute approximate surface area is 173 Å². The number of amides is 1. The number of hydrogen-bond acceptors (Lipinski definition) is 6. The van der Waals surface area contributed by atoms with Gasteiger partial charge in [-0.2, -0.15) is 0 Å². The van der Waals surface area contributed by atoms with Crippen LogP contribution in [0.15, 0.2) is 70.9 Å². The van der Waals surface area contributed by atoms with Gasteiger partial charge in [0.15, 0.2) is 0 Å². The Balaban J connectivity index is 1.88. The van der Waals surface area contributed by atoms with Crippen molar-refractivity contribution < 1.29 is 23.8 Å². The molecule has 0 saturated carbocycles. The summed E-state index contributed by atoms with van der Waals surface area (Å²) < 4.78 is 11.1. The number of carbonyl (C=O) groups excluding carboxylic acids is 2. The fraction of sp³-hybridized carbons (Fsp3) is 0.174. The molecule has 2 aromatic heterocycles. The van der Waals surface area contributed by atoms with Crippen LogP contribution in [0.1, 0.15) is 28.7 Å². The SMILES string of the molecule is COc1ccccc1/C(O)=C1/C(=O)C(=O)N(Cc2cccnc2)C1c1ccc(C)o1.